The Hall–Kier alpha value is -2.29. The largest absolute Gasteiger partial charge is 0.497 e. The zero-order valence-electron chi connectivity index (χ0n) is 11.3. The first-order valence-electron chi connectivity index (χ1n) is 5.99. The Morgan fingerprint density at radius 1 is 0.947 bits per heavy atom. The van der Waals surface area contributed by atoms with Crippen LogP contribution in [0.3, 0.4) is 0 Å². The van der Waals surface area contributed by atoms with E-state index in [-0.39, 0.29) is 5.78 Å². The van der Waals surface area contributed by atoms with E-state index in [2.05, 4.69) is 0 Å². The van der Waals surface area contributed by atoms with Crippen LogP contribution in [0.15, 0.2) is 42.5 Å². The van der Waals surface area contributed by atoms with Crippen molar-refractivity contribution in [2.45, 2.75) is 6.92 Å². The summed E-state index contributed by atoms with van der Waals surface area (Å²) in [5, 5.41) is 0. The molecule has 0 aliphatic rings. The lowest BCUT2D eigenvalue weighted by Gasteiger charge is -2.10. The predicted molar refractivity (Wildman–Crippen MR) is 74.2 cm³/mol. The molecule has 3 nitrogen and oxygen atoms in total. The van der Waals surface area contributed by atoms with Gasteiger partial charge in [-0.2, -0.15) is 0 Å². The van der Waals surface area contributed by atoms with Crippen LogP contribution in [0.1, 0.15) is 21.5 Å². The second kappa shape index (κ2) is 5.57. The summed E-state index contributed by atoms with van der Waals surface area (Å²) in [7, 11) is 3.17. The maximum Gasteiger partial charge on any atom is 0.197 e. The Labute approximate surface area is 112 Å². The van der Waals surface area contributed by atoms with Crippen LogP contribution in [-0.4, -0.2) is 20.0 Å². The fourth-order valence-electron chi connectivity index (χ4n) is 2.00. The summed E-state index contributed by atoms with van der Waals surface area (Å²) < 4.78 is 10.4. The Bertz CT molecular complexity index is 603. The zero-order valence-corrected chi connectivity index (χ0v) is 11.3. The lowest BCUT2D eigenvalue weighted by atomic mass is 9.98. The first-order chi connectivity index (χ1) is 9.17. The van der Waals surface area contributed by atoms with Crippen LogP contribution in [0.5, 0.6) is 11.5 Å². The second-order valence-electron chi connectivity index (χ2n) is 4.21. The van der Waals surface area contributed by atoms with Gasteiger partial charge in [-0.3, -0.25) is 4.79 Å². The van der Waals surface area contributed by atoms with Crippen molar-refractivity contribution in [3.63, 3.8) is 0 Å². The Morgan fingerprint density at radius 3 is 2.32 bits per heavy atom. The van der Waals surface area contributed by atoms with Crippen molar-refractivity contribution in [3.05, 3.63) is 59.2 Å². The van der Waals surface area contributed by atoms with Gasteiger partial charge in [0.1, 0.15) is 11.5 Å². The smallest absolute Gasteiger partial charge is 0.197 e. The number of hydrogen-bond acceptors (Lipinski definition) is 3. The standard InChI is InChI=1S/C16H16O3/c1-11-10-12(18-2)8-9-13(11)16(17)14-6-4-5-7-15(14)19-3/h4-10H,1-3H3. The van der Waals surface area contributed by atoms with Crippen LogP contribution in [0.25, 0.3) is 0 Å². The van der Waals surface area contributed by atoms with Gasteiger partial charge >= 0.3 is 0 Å². The highest BCUT2D eigenvalue weighted by Crippen LogP contribution is 2.24. The van der Waals surface area contributed by atoms with E-state index < -0.39 is 0 Å². The van der Waals surface area contributed by atoms with Crippen LogP contribution in [-0.2, 0) is 0 Å². The third-order valence-electron chi connectivity index (χ3n) is 3.03. The second-order valence-corrected chi connectivity index (χ2v) is 4.21. The summed E-state index contributed by atoms with van der Waals surface area (Å²) in [6, 6.07) is 12.6. The van der Waals surface area contributed by atoms with E-state index in [1.54, 1.807) is 38.5 Å². The predicted octanol–water partition coefficient (Wildman–Crippen LogP) is 3.24. The highest BCUT2D eigenvalue weighted by Gasteiger charge is 2.16. The van der Waals surface area contributed by atoms with Crippen molar-refractivity contribution in [1.29, 1.82) is 0 Å². The molecule has 0 saturated heterocycles. The Kier molecular flexibility index (Phi) is 3.85. The summed E-state index contributed by atoms with van der Waals surface area (Å²) in [6.45, 7) is 1.89. The molecule has 0 saturated carbocycles. The van der Waals surface area contributed by atoms with Crippen molar-refractivity contribution in [2.24, 2.45) is 0 Å². The summed E-state index contributed by atoms with van der Waals surface area (Å²) in [5.41, 5.74) is 2.11. The average molecular weight is 256 g/mol. The molecule has 2 rings (SSSR count). The summed E-state index contributed by atoms with van der Waals surface area (Å²) in [4.78, 5) is 12.5. The van der Waals surface area contributed by atoms with Crippen LogP contribution in [0.4, 0.5) is 0 Å². The molecule has 0 heterocycles. The number of rotatable bonds is 4. The topological polar surface area (TPSA) is 35.5 Å². The third-order valence-corrected chi connectivity index (χ3v) is 3.03. The van der Waals surface area contributed by atoms with Crippen LogP contribution in [0, 0.1) is 6.92 Å². The number of methoxy groups -OCH3 is 2. The van der Waals surface area contributed by atoms with Gasteiger partial charge in [-0.15, -0.1) is 0 Å². The summed E-state index contributed by atoms with van der Waals surface area (Å²) in [5.74, 6) is 1.29. The monoisotopic (exact) mass is 256 g/mol. The molecule has 3 heteroatoms. The van der Waals surface area contributed by atoms with Gasteiger partial charge in [0.2, 0.25) is 0 Å². The van der Waals surface area contributed by atoms with Gasteiger partial charge in [0, 0.05) is 5.56 Å². The molecule has 0 radical (unpaired) electrons. The van der Waals surface area contributed by atoms with E-state index in [9.17, 15) is 4.79 Å². The fourth-order valence-corrected chi connectivity index (χ4v) is 2.00. The maximum atomic E-state index is 12.5. The molecule has 0 unspecified atom stereocenters. The molecule has 0 spiro atoms. The van der Waals surface area contributed by atoms with E-state index >= 15 is 0 Å². The van der Waals surface area contributed by atoms with E-state index in [4.69, 9.17) is 9.47 Å². The van der Waals surface area contributed by atoms with Crippen molar-refractivity contribution in [1.82, 2.24) is 0 Å². The molecule has 2 aromatic carbocycles. The highest BCUT2D eigenvalue weighted by molar-refractivity contribution is 6.11. The number of para-hydroxylation sites is 1. The number of hydrogen-bond donors (Lipinski definition) is 0. The molecule has 0 aliphatic heterocycles. The normalized spacial score (nSPS) is 10.1. The molecule has 19 heavy (non-hydrogen) atoms. The number of benzene rings is 2. The van der Waals surface area contributed by atoms with Crippen molar-refractivity contribution in [2.75, 3.05) is 14.2 Å². The molecule has 0 atom stereocenters. The molecule has 0 aromatic heterocycles. The SMILES string of the molecule is COc1ccc(C(=O)c2ccccc2OC)c(C)c1. The highest BCUT2D eigenvalue weighted by atomic mass is 16.5. The lowest BCUT2D eigenvalue weighted by molar-refractivity contribution is 0.103. The summed E-state index contributed by atoms with van der Waals surface area (Å²) in [6.07, 6.45) is 0. The lowest BCUT2D eigenvalue weighted by Crippen LogP contribution is -2.06. The van der Waals surface area contributed by atoms with Crippen LogP contribution >= 0.6 is 0 Å². The minimum absolute atomic E-state index is 0.0439. The Morgan fingerprint density at radius 2 is 1.68 bits per heavy atom. The molecular formula is C16H16O3. The number of ketones is 1. The average Bonchev–Trinajstić information content (AvgIpc) is 2.46. The van der Waals surface area contributed by atoms with Gasteiger partial charge in [0.25, 0.3) is 0 Å². The van der Waals surface area contributed by atoms with E-state index in [0.29, 0.717) is 16.9 Å². The Balaban J connectivity index is 2.44. The molecule has 0 N–H and O–H groups in total. The van der Waals surface area contributed by atoms with Crippen LogP contribution in [0.2, 0.25) is 0 Å². The van der Waals surface area contributed by atoms with E-state index in [1.165, 1.54) is 0 Å². The van der Waals surface area contributed by atoms with Gasteiger partial charge in [-0.25, -0.2) is 0 Å². The van der Waals surface area contributed by atoms with Gasteiger partial charge < -0.3 is 9.47 Å². The minimum Gasteiger partial charge on any atom is -0.497 e. The first kappa shape index (κ1) is 13.1. The molecule has 0 bridgehead atoms. The zero-order chi connectivity index (χ0) is 13.8. The van der Waals surface area contributed by atoms with Crippen molar-refractivity contribution >= 4 is 5.78 Å². The van der Waals surface area contributed by atoms with Gasteiger partial charge in [0.05, 0.1) is 19.8 Å². The van der Waals surface area contributed by atoms with E-state index in [1.807, 2.05) is 25.1 Å². The van der Waals surface area contributed by atoms with Crippen LogP contribution < -0.4 is 9.47 Å². The first-order valence-corrected chi connectivity index (χ1v) is 5.99. The fraction of sp³-hybridized carbons (Fsp3) is 0.188. The number of aryl methyl sites for hydroxylation is 1. The van der Waals surface area contributed by atoms with Crippen molar-refractivity contribution in [3.8, 4) is 11.5 Å². The number of ether oxygens (including phenoxy) is 2. The summed E-state index contributed by atoms with van der Waals surface area (Å²) >= 11 is 0. The van der Waals surface area contributed by atoms with E-state index in [0.717, 1.165) is 11.3 Å². The minimum atomic E-state index is -0.0439. The molecular weight excluding hydrogens is 240 g/mol. The third kappa shape index (κ3) is 2.60. The molecule has 2 aromatic rings. The quantitative estimate of drug-likeness (QED) is 0.788. The van der Waals surface area contributed by atoms with Crippen molar-refractivity contribution < 1.29 is 14.3 Å². The van der Waals surface area contributed by atoms with Gasteiger partial charge in [-0.05, 0) is 42.8 Å². The van der Waals surface area contributed by atoms with Gasteiger partial charge in [0.15, 0.2) is 5.78 Å². The maximum absolute atomic E-state index is 12.5. The number of carbonyl (C=O) groups excluding carboxylic acids is 1. The molecule has 0 amide bonds. The molecule has 0 fully saturated rings. The molecule has 0 aliphatic carbocycles. The molecule has 98 valence electrons. The number of carbonyl (C=O) groups is 1. The van der Waals surface area contributed by atoms with Gasteiger partial charge in [-0.1, -0.05) is 12.1 Å².